The summed E-state index contributed by atoms with van der Waals surface area (Å²) in [6.07, 6.45) is 0. The van der Waals surface area contributed by atoms with Gasteiger partial charge in [0.2, 0.25) is 11.8 Å². The molecule has 2 aromatic carbocycles. The number of aromatic nitrogens is 4. The number of H-pyrrole nitrogens is 2. The molecule has 0 spiro atoms. The molecule has 0 saturated carbocycles. The quantitative estimate of drug-likeness (QED) is 0.365. The van der Waals surface area contributed by atoms with Crippen LogP contribution in [-0.2, 0) is 13.1 Å². The molecule has 2 heterocycles. The molecule has 0 fully saturated rings. The van der Waals surface area contributed by atoms with E-state index in [0.717, 1.165) is 9.13 Å². The van der Waals surface area contributed by atoms with Gasteiger partial charge in [0, 0.05) is 13.1 Å². The van der Waals surface area contributed by atoms with E-state index in [9.17, 15) is 29.4 Å². The van der Waals surface area contributed by atoms with E-state index in [2.05, 4.69) is 9.97 Å². The number of aromatic hydroxyl groups is 2. The minimum Gasteiger partial charge on any atom is -0.494 e. The highest BCUT2D eigenvalue weighted by atomic mass is 16.3. The van der Waals surface area contributed by atoms with E-state index in [1.54, 1.807) is 60.7 Å². The number of nitrogens with zero attached hydrogens (tertiary/aromatic N) is 2. The molecule has 0 amide bonds. The lowest BCUT2D eigenvalue weighted by Crippen LogP contribution is -2.35. The highest BCUT2D eigenvalue weighted by Gasteiger charge is 2.19. The molecule has 0 aliphatic rings. The predicted octanol–water partition coefficient (Wildman–Crippen LogP) is 0.832. The molecule has 4 rings (SSSR count). The Morgan fingerprint density at radius 1 is 0.594 bits per heavy atom. The first kappa shape index (κ1) is 20.7. The summed E-state index contributed by atoms with van der Waals surface area (Å²) in [7, 11) is 0. The van der Waals surface area contributed by atoms with E-state index < -0.39 is 34.3 Å². The van der Waals surface area contributed by atoms with E-state index in [1.807, 2.05) is 0 Å². The molecule has 10 heteroatoms. The number of aromatic amines is 2. The van der Waals surface area contributed by atoms with Crippen LogP contribution in [0.4, 0.5) is 0 Å². The zero-order valence-corrected chi connectivity index (χ0v) is 16.6. The Morgan fingerprint density at radius 2 is 0.938 bits per heavy atom. The lowest BCUT2D eigenvalue weighted by atomic mass is 10.1. The average molecular weight is 434 g/mol. The van der Waals surface area contributed by atoms with Gasteiger partial charge in [-0.05, 0) is 11.1 Å². The van der Waals surface area contributed by atoms with E-state index in [0.29, 0.717) is 11.1 Å². The van der Waals surface area contributed by atoms with Gasteiger partial charge in [-0.25, -0.2) is 9.59 Å². The lowest BCUT2D eigenvalue weighted by Gasteiger charge is -2.14. The molecule has 4 aromatic rings. The van der Waals surface area contributed by atoms with Gasteiger partial charge in [0.05, 0.1) is 0 Å². The van der Waals surface area contributed by atoms with Crippen molar-refractivity contribution in [1.82, 2.24) is 19.1 Å². The van der Waals surface area contributed by atoms with Crippen LogP contribution in [0.5, 0.6) is 11.8 Å². The molecular weight excluding hydrogens is 416 g/mol. The molecule has 162 valence electrons. The van der Waals surface area contributed by atoms with Gasteiger partial charge in [-0.2, -0.15) is 0 Å². The Hall–Kier alpha value is -4.60. The first-order valence-electron chi connectivity index (χ1n) is 9.61. The maximum absolute atomic E-state index is 12.3. The van der Waals surface area contributed by atoms with Gasteiger partial charge in [-0.1, -0.05) is 60.7 Å². The van der Waals surface area contributed by atoms with Crippen LogP contribution in [-0.4, -0.2) is 29.3 Å². The smallest absolute Gasteiger partial charge is 0.331 e. The van der Waals surface area contributed by atoms with E-state index >= 15 is 0 Å². The van der Waals surface area contributed by atoms with Crippen LogP contribution >= 0.6 is 0 Å². The van der Waals surface area contributed by atoms with E-state index in [1.165, 1.54) is 0 Å². The molecule has 0 atom stereocenters. The van der Waals surface area contributed by atoms with Crippen molar-refractivity contribution in [2.24, 2.45) is 0 Å². The van der Waals surface area contributed by atoms with Crippen LogP contribution < -0.4 is 22.5 Å². The molecular formula is C22H18N4O6. The Labute approximate surface area is 179 Å². The van der Waals surface area contributed by atoms with Crippen molar-refractivity contribution in [2.45, 2.75) is 13.1 Å². The highest BCUT2D eigenvalue weighted by Crippen LogP contribution is 2.25. The van der Waals surface area contributed by atoms with Crippen molar-refractivity contribution >= 4 is 0 Å². The topological polar surface area (TPSA) is 150 Å². The minimum absolute atomic E-state index is 0.104. The third-order valence-electron chi connectivity index (χ3n) is 5.02. The second-order valence-electron chi connectivity index (χ2n) is 6.95. The van der Waals surface area contributed by atoms with Crippen molar-refractivity contribution in [3.63, 3.8) is 0 Å². The van der Waals surface area contributed by atoms with Gasteiger partial charge in [-0.15, -0.1) is 0 Å². The summed E-state index contributed by atoms with van der Waals surface area (Å²) in [6.45, 7) is -0.538. The molecule has 10 nitrogen and oxygen atoms in total. The predicted molar refractivity (Wildman–Crippen MR) is 117 cm³/mol. The second kappa shape index (κ2) is 8.26. The molecule has 0 unspecified atom stereocenters. The third kappa shape index (κ3) is 3.65. The molecule has 0 radical (unpaired) electrons. The summed E-state index contributed by atoms with van der Waals surface area (Å²) in [5, 5.41) is 21.3. The number of nitrogens with one attached hydrogen (secondary N) is 2. The Balaban J connectivity index is 1.77. The fourth-order valence-electron chi connectivity index (χ4n) is 3.46. The number of benzene rings is 2. The van der Waals surface area contributed by atoms with Gasteiger partial charge in [-0.3, -0.25) is 28.7 Å². The number of hydrogen-bond acceptors (Lipinski definition) is 6. The first-order chi connectivity index (χ1) is 15.4. The summed E-state index contributed by atoms with van der Waals surface area (Å²) >= 11 is 0. The molecule has 32 heavy (non-hydrogen) atoms. The van der Waals surface area contributed by atoms with Crippen LogP contribution in [0.1, 0.15) is 0 Å². The van der Waals surface area contributed by atoms with Crippen LogP contribution in [0.3, 0.4) is 0 Å². The zero-order chi connectivity index (χ0) is 22.8. The maximum atomic E-state index is 12.3. The second-order valence-corrected chi connectivity index (χ2v) is 6.95. The monoisotopic (exact) mass is 434 g/mol. The third-order valence-corrected chi connectivity index (χ3v) is 5.02. The summed E-state index contributed by atoms with van der Waals surface area (Å²) in [5.74, 6) is -1.16. The van der Waals surface area contributed by atoms with Crippen molar-refractivity contribution in [2.75, 3.05) is 0 Å². The summed E-state index contributed by atoms with van der Waals surface area (Å²) in [5.41, 5.74) is -2.69. The van der Waals surface area contributed by atoms with E-state index in [4.69, 9.17) is 0 Å². The SMILES string of the molecule is O=c1[nH]c(=O)n(CCn2c(O)c(-c3ccccc3)c(=O)[nH]c2=O)c(O)c1-c1ccccc1. The van der Waals surface area contributed by atoms with Gasteiger partial charge in [0.15, 0.2) is 0 Å². The average Bonchev–Trinajstić information content (AvgIpc) is 2.76. The molecule has 4 N–H and O–H groups in total. The minimum atomic E-state index is -0.882. The Morgan fingerprint density at radius 3 is 1.28 bits per heavy atom. The van der Waals surface area contributed by atoms with Crippen molar-refractivity contribution < 1.29 is 10.2 Å². The van der Waals surface area contributed by atoms with Crippen LogP contribution in [0, 0.1) is 0 Å². The Bertz CT molecular complexity index is 1400. The molecule has 2 aromatic heterocycles. The van der Waals surface area contributed by atoms with Gasteiger partial charge >= 0.3 is 11.4 Å². The molecule has 0 bridgehead atoms. The summed E-state index contributed by atoms with van der Waals surface area (Å²) in [4.78, 5) is 53.5. The van der Waals surface area contributed by atoms with Crippen LogP contribution in [0.15, 0.2) is 79.8 Å². The molecule has 0 aliphatic carbocycles. The van der Waals surface area contributed by atoms with Crippen molar-refractivity contribution in [3.8, 4) is 34.0 Å². The highest BCUT2D eigenvalue weighted by molar-refractivity contribution is 5.68. The van der Waals surface area contributed by atoms with Crippen molar-refractivity contribution in [3.05, 3.63) is 102 Å². The fraction of sp³-hybridized carbons (Fsp3) is 0.0909. The standard InChI is InChI=1S/C22H18N4O6/c27-17-15(13-7-3-1-4-8-13)19(29)25(21(31)23-17)11-12-26-20(30)16(18(28)24-22(26)32)14-9-5-2-6-10-14/h1-10,29-30H,11-12H2,(H,23,27,31)(H,24,28,32). The maximum Gasteiger partial charge on any atom is 0.331 e. The Kier molecular flexibility index (Phi) is 5.34. The summed E-state index contributed by atoms with van der Waals surface area (Å²) < 4.78 is 1.76. The van der Waals surface area contributed by atoms with Gasteiger partial charge in [0.1, 0.15) is 11.1 Å². The van der Waals surface area contributed by atoms with Gasteiger partial charge < -0.3 is 10.2 Å². The van der Waals surface area contributed by atoms with Gasteiger partial charge in [0.25, 0.3) is 11.1 Å². The summed E-state index contributed by atoms with van der Waals surface area (Å²) in [6, 6.07) is 16.6. The number of hydrogen-bond donors (Lipinski definition) is 4. The van der Waals surface area contributed by atoms with E-state index in [-0.39, 0.29) is 24.2 Å². The fourth-order valence-corrected chi connectivity index (χ4v) is 3.46. The zero-order valence-electron chi connectivity index (χ0n) is 16.6. The lowest BCUT2D eigenvalue weighted by molar-refractivity contribution is 0.365. The molecule has 0 aliphatic heterocycles. The van der Waals surface area contributed by atoms with Crippen molar-refractivity contribution in [1.29, 1.82) is 0 Å². The van der Waals surface area contributed by atoms with Crippen LogP contribution in [0.25, 0.3) is 22.3 Å². The largest absolute Gasteiger partial charge is 0.494 e. The number of rotatable bonds is 5. The first-order valence-corrected chi connectivity index (χ1v) is 9.61. The molecule has 0 saturated heterocycles. The van der Waals surface area contributed by atoms with Crippen LogP contribution in [0.2, 0.25) is 0 Å². The normalized spacial score (nSPS) is 10.9.